The van der Waals surface area contributed by atoms with Crippen LogP contribution in [0.5, 0.6) is 0 Å². The molecule has 0 spiro atoms. The number of fused-ring (bicyclic) bond motifs is 5. The molecule has 0 aliphatic carbocycles. The Morgan fingerprint density at radius 3 is 2.67 bits per heavy atom. The van der Waals surface area contributed by atoms with E-state index in [0.717, 1.165) is 30.6 Å². The minimum absolute atomic E-state index is 0.129. The molecule has 0 amide bonds. The van der Waals surface area contributed by atoms with Crippen LogP contribution in [0, 0.1) is 5.92 Å². The number of carbonyl (C=O) groups is 2. The Labute approximate surface area is 194 Å². The summed E-state index contributed by atoms with van der Waals surface area (Å²) in [4.78, 5) is 31.0. The fourth-order valence-corrected chi connectivity index (χ4v) is 4.94. The van der Waals surface area contributed by atoms with E-state index < -0.39 is 17.7 Å². The van der Waals surface area contributed by atoms with Gasteiger partial charge < -0.3 is 19.2 Å². The molecule has 1 saturated heterocycles. The summed E-state index contributed by atoms with van der Waals surface area (Å²) in [5.41, 5.74) is 4.43. The molecule has 2 atom stereocenters. The van der Waals surface area contributed by atoms with Gasteiger partial charge in [-0.1, -0.05) is 29.8 Å². The number of carbonyl (C=O) groups excluding carboxylic acids is 2. The van der Waals surface area contributed by atoms with Gasteiger partial charge in [-0.3, -0.25) is 4.90 Å². The SMILES string of the molecule is C/C=C1\CN2CCc3c([nH]c4ccccc34)[C@@H]2C[C@@H]1/C(=C/OC(=O)OC(C)(C)C)C(=O)OC. The van der Waals surface area contributed by atoms with Gasteiger partial charge >= 0.3 is 12.1 Å². The molecule has 2 aromatic rings. The summed E-state index contributed by atoms with van der Waals surface area (Å²) in [6.07, 6.45) is 4.07. The third-order valence-electron chi connectivity index (χ3n) is 6.40. The van der Waals surface area contributed by atoms with Crippen molar-refractivity contribution in [2.45, 2.75) is 52.2 Å². The van der Waals surface area contributed by atoms with Crippen LogP contribution in [0.15, 0.2) is 47.7 Å². The molecule has 7 nitrogen and oxygen atoms in total. The van der Waals surface area contributed by atoms with Crippen LogP contribution in [0.2, 0.25) is 0 Å². The van der Waals surface area contributed by atoms with Crippen LogP contribution in [0.25, 0.3) is 10.9 Å². The third-order valence-corrected chi connectivity index (χ3v) is 6.40. The molecule has 0 saturated carbocycles. The Hall–Kier alpha value is -3.06. The first-order valence-electron chi connectivity index (χ1n) is 11.4. The van der Waals surface area contributed by atoms with Crippen LogP contribution in [0.3, 0.4) is 0 Å². The van der Waals surface area contributed by atoms with Crippen LogP contribution in [0.4, 0.5) is 4.79 Å². The smallest absolute Gasteiger partial charge is 0.466 e. The second kappa shape index (κ2) is 9.06. The molecular weight excluding hydrogens is 420 g/mol. The Morgan fingerprint density at radius 1 is 1.21 bits per heavy atom. The van der Waals surface area contributed by atoms with Crippen molar-refractivity contribution >= 4 is 23.0 Å². The number of aromatic nitrogens is 1. The van der Waals surface area contributed by atoms with Crippen molar-refractivity contribution in [1.82, 2.24) is 9.88 Å². The first-order chi connectivity index (χ1) is 15.7. The number of methoxy groups -OCH3 is 1. The number of ether oxygens (including phenoxy) is 3. The Balaban J connectivity index is 1.66. The van der Waals surface area contributed by atoms with Crippen LogP contribution in [-0.4, -0.2) is 47.8 Å². The number of rotatable bonds is 3. The van der Waals surface area contributed by atoms with Gasteiger partial charge in [-0.25, -0.2) is 9.59 Å². The lowest BCUT2D eigenvalue weighted by Crippen LogP contribution is -2.43. The molecule has 1 aromatic heterocycles. The largest absolute Gasteiger partial charge is 0.513 e. The second-order valence-electron chi connectivity index (χ2n) is 9.60. The Morgan fingerprint density at radius 2 is 1.97 bits per heavy atom. The number of esters is 1. The fraction of sp³-hybridized carbons (Fsp3) is 0.462. The molecule has 0 radical (unpaired) electrons. The van der Waals surface area contributed by atoms with Crippen molar-refractivity contribution < 1.29 is 23.8 Å². The van der Waals surface area contributed by atoms with E-state index in [1.165, 1.54) is 30.0 Å². The van der Waals surface area contributed by atoms with Gasteiger partial charge in [0.05, 0.1) is 18.7 Å². The maximum atomic E-state index is 12.7. The number of aromatic amines is 1. The van der Waals surface area contributed by atoms with Crippen LogP contribution >= 0.6 is 0 Å². The van der Waals surface area contributed by atoms with E-state index in [0.29, 0.717) is 12.0 Å². The van der Waals surface area contributed by atoms with Gasteiger partial charge in [0.25, 0.3) is 0 Å². The van der Waals surface area contributed by atoms with Crippen molar-refractivity contribution in [3.05, 3.63) is 59.0 Å². The highest BCUT2D eigenvalue weighted by Gasteiger charge is 2.40. The number of hydrogen-bond acceptors (Lipinski definition) is 6. The van der Waals surface area contributed by atoms with Gasteiger partial charge in [0, 0.05) is 35.6 Å². The number of nitrogens with one attached hydrogen (secondary N) is 1. The predicted octanol–water partition coefficient (Wildman–Crippen LogP) is 5.04. The Bertz CT molecular complexity index is 1120. The number of piperidine rings is 1. The normalized spacial score (nSPS) is 22.6. The summed E-state index contributed by atoms with van der Waals surface area (Å²) in [5, 5.41) is 1.26. The standard InChI is InChI=1S/C26H32N2O5/c1-6-16-14-28-12-11-18-17-9-7-8-10-21(17)27-23(18)22(28)13-19(16)20(24(29)31-5)15-32-25(30)33-26(2,3)4/h6-10,15,19,22,27H,11-14H2,1-5H3/b16-6+,20-15-/t19-,22-/m0/s1. The first kappa shape index (κ1) is 23.1. The molecule has 1 fully saturated rings. The van der Waals surface area contributed by atoms with Gasteiger partial charge in [-0.2, -0.15) is 0 Å². The van der Waals surface area contributed by atoms with Gasteiger partial charge in [-0.05, 0) is 52.2 Å². The molecule has 3 heterocycles. The lowest BCUT2D eigenvalue weighted by Gasteiger charge is -2.43. The van der Waals surface area contributed by atoms with Crippen molar-refractivity contribution in [3.8, 4) is 0 Å². The summed E-state index contributed by atoms with van der Waals surface area (Å²) in [5.74, 6) is -0.743. The molecule has 7 heteroatoms. The van der Waals surface area contributed by atoms with Gasteiger partial charge in [-0.15, -0.1) is 0 Å². The summed E-state index contributed by atoms with van der Waals surface area (Å²) in [7, 11) is 1.34. The quantitative estimate of drug-likeness (QED) is 0.304. The zero-order valence-electron chi connectivity index (χ0n) is 19.9. The predicted molar refractivity (Wildman–Crippen MR) is 126 cm³/mol. The van der Waals surface area contributed by atoms with E-state index in [1.54, 1.807) is 20.8 Å². The molecule has 0 bridgehead atoms. The van der Waals surface area contributed by atoms with E-state index in [1.807, 2.05) is 19.1 Å². The highest BCUT2D eigenvalue weighted by Crippen LogP contribution is 2.45. The topological polar surface area (TPSA) is 80.9 Å². The zero-order valence-corrected chi connectivity index (χ0v) is 19.9. The Kier molecular flexibility index (Phi) is 6.34. The van der Waals surface area contributed by atoms with E-state index in [4.69, 9.17) is 14.2 Å². The highest BCUT2D eigenvalue weighted by atomic mass is 16.7. The zero-order chi connectivity index (χ0) is 23.8. The number of allylic oxidation sites excluding steroid dienone is 1. The summed E-state index contributed by atoms with van der Waals surface area (Å²) >= 11 is 0. The molecule has 176 valence electrons. The van der Waals surface area contributed by atoms with Crippen molar-refractivity contribution in [1.29, 1.82) is 0 Å². The average Bonchev–Trinajstić information content (AvgIpc) is 3.16. The third kappa shape index (κ3) is 4.69. The summed E-state index contributed by atoms with van der Waals surface area (Å²) < 4.78 is 15.5. The summed E-state index contributed by atoms with van der Waals surface area (Å²) in [6, 6.07) is 8.49. The van der Waals surface area contributed by atoms with Crippen LogP contribution < -0.4 is 0 Å². The first-order valence-corrected chi connectivity index (χ1v) is 11.4. The molecular formula is C26H32N2O5. The number of benzene rings is 1. The number of hydrogen-bond donors (Lipinski definition) is 1. The van der Waals surface area contributed by atoms with E-state index in [-0.39, 0.29) is 12.0 Å². The molecule has 4 rings (SSSR count). The molecule has 33 heavy (non-hydrogen) atoms. The van der Waals surface area contributed by atoms with Crippen LogP contribution in [-0.2, 0) is 25.4 Å². The minimum atomic E-state index is -0.848. The average molecular weight is 453 g/mol. The number of para-hydroxylation sites is 1. The van der Waals surface area contributed by atoms with Crippen molar-refractivity contribution in [2.75, 3.05) is 20.2 Å². The number of H-pyrrole nitrogens is 1. The van der Waals surface area contributed by atoms with Crippen molar-refractivity contribution in [3.63, 3.8) is 0 Å². The van der Waals surface area contributed by atoms with E-state index in [9.17, 15) is 9.59 Å². The van der Waals surface area contributed by atoms with Crippen molar-refractivity contribution in [2.24, 2.45) is 5.92 Å². The number of nitrogens with zero attached hydrogens (tertiary/aromatic N) is 1. The van der Waals surface area contributed by atoms with Gasteiger partial charge in [0.2, 0.25) is 0 Å². The molecule has 1 N–H and O–H groups in total. The highest BCUT2D eigenvalue weighted by molar-refractivity contribution is 5.90. The minimum Gasteiger partial charge on any atom is -0.466 e. The lowest BCUT2D eigenvalue weighted by molar-refractivity contribution is -0.137. The monoisotopic (exact) mass is 452 g/mol. The van der Waals surface area contributed by atoms with Gasteiger partial charge in [0.15, 0.2) is 0 Å². The van der Waals surface area contributed by atoms with Gasteiger partial charge in [0.1, 0.15) is 11.9 Å². The molecule has 2 aliphatic heterocycles. The molecule has 0 unspecified atom stereocenters. The molecule has 1 aromatic carbocycles. The van der Waals surface area contributed by atoms with Crippen LogP contribution in [0.1, 0.15) is 51.4 Å². The maximum absolute atomic E-state index is 12.7. The maximum Gasteiger partial charge on any atom is 0.513 e. The second-order valence-corrected chi connectivity index (χ2v) is 9.60. The van der Waals surface area contributed by atoms with E-state index in [2.05, 4.69) is 28.1 Å². The fourth-order valence-electron chi connectivity index (χ4n) is 4.94. The molecule has 2 aliphatic rings. The van der Waals surface area contributed by atoms with E-state index >= 15 is 0 Å². The lowest BCUT2D eigenvalue weighted by atomic mass is 9.78. The summed E-state index contributed by atoms with van der Waals surface area (Å²) in [6.45, 7) is 8.94.